The van der Waals surface area contributed by atoms with E-state index in [0.29, 0.717) is 18.0 Å². The first kappa shape index (κ1) is 15.2. The SMILES string of the molecule is CCC(C)CNC(=O)c1cc(F)ccc1C#CCN. The Bertz CT molecular complexity index is 503. The second-order valence-electron chi connectivity index (χ2n) is 4.42. The van der Waals surface area contributed by atoms with Gasteiger partial charge in [-0.15, -0.1) is 0 Å². The second-order valence-corrected chi connectivity index (χ2v) is 4.42. The highest BCUT2D eigenvalue weighted by Crippen LogP contribution is 2.11. The molecule has 0 bridgehead atoms. The van der Waals surface area contributed by atoms with E-state index in [1.54, 1.807) is 0 Å². The molecule has 3 nitrogen and oxygen atoms in total. The van der Waals surface area contributed by atoms with Crippen molar-refractivity contribution in [1.29, 1.82) is 0 Å². The Morgan fingerprint density at radius 1 is 1.53 bits per heavy atom. The Labute approximate surface area is 113 Å². The molecule has 0 saturated heterocycles. The lowest BCUT2D eigenvalue weighted by molar-refractivity contribution is 0.0947. The molecule has 0 fully saturated rings. The molecule has 0 aromatic heterocycles. The molecule has 1 unspecified atom stereocenters. The third-order valence-electron chi connectivity index (χ3n) is 2.86. The standard InChI is InChI=1S/C15H19FN2O/c1-3-11(2)10-18-15(19)14-9-13(16)7-6-12(14)5-4-8-17/h6-7,9,11H,3,8,10,17H2,1-2H3,(H,18,19). The summed E-state index contributed by atoms with van der Waals surface area (Å²) in [6.45, 7) is 4.86. The molecule has 4 heteroatoms. The van der Waals surface area contributed by atoms with E-state index in [1.807, 2.05) is 6.92 Å². The zero-order valence-corrected chi connectivity index (χ0v) is 11.3. The van der Waals surface area contributed by atoms with Gasteiger partial charge in [0.2, 0.25) is 0 Å². The van der Waals surface area contributed by atoms with Gasteiger partial charge in [-0.25, -0.2) is 4.39 Å². The van der Waals surface area contributed by atoms with E-state index in [9.17, 15) is 9.18 Å². The van der Waals surface area contributed by atoms with Crippen molar-refractivity contribution in [2.75, 3.05) is 13.1 Å². The number of carbonyl (C=O) groups excluding carboxylic acids is 1. The van der Waals surface area contributed by atoms with Gasteiger partial charge >= 0.3 is 0 Å². The van der Waals surface area contributed by atoms with Gasteiger partial charge in [-0.2, -0.15) is 0 Å². The number of carbonyl (C=O) groups is 1. The highest BCUT2D eigenvalue weighted by Gasteiger charge is 2.12. The van der Waals surface area contributed by atoms with E-state index in [1.165, 1.54) is 18.2 Å². The van der Waals surface area contributed by atoms with Crippen LogP contribution in [0.2, 0.25) is 0 Å². The lowest BCUT2D eigenvalue weighted by Gasteiger charge is -2.11. The molecule has 0 radical (unpaired) electrons. The largest absolute Gasteiger partial charge is 0.352 e. The number of nitrogens with two attached hydrogens (primary N) is 1. The number of halogens is 1. The van der Waals surface area contributed by atoms with Crippen LogP contribution in [0, 0.1) is 23.6 Å². The van der Waals surface area contributed by atoms with Gasteiger partial charge in [0, 0.05) is 12.1 Å². The summed E-state index contributed by atoms with van der Waals surface area (Å²) in [5.74, 6) is 5.08. The number of hydrogen-bond donors (Lipinski definition) is 2. The van der Waals surface area contributed by atoms with Crippen LogP contribution in [-0.4, -0.2) is 19.0 Å². The van der Waals surface area contributed by atoms with Crippen LogP contribution in [-0.2, 0) is 0 Å². The van der Waals surface area contributed by atoms with Crippen molar-refractivity contribution in [2.24, 2.45) is 11.7 Å². The van der Waals surface area contributed by atoms with Gasteiger partial charge in [0.05, 0.1) is 12.1 Å². The van der Waals surface area contributed by atoms with Crippen LogP contribution in [0.1, 0.15) is 36.2 Å². The first-order chi connectivity index (χ1) is 9.08. The van der Waals surface area contributed by atoms with E-state index in [2.05, 4.69) is 24.1 Å². The molecule has 3 N–H and O–H groups in total. The van der Waals surface area contributed by atoms with Gasteiger partial charge in [0.1, 0.15) is 5.82 Å². The van der Waals surface area contributed by atoms with Gasteiger partial charge in [-0.1, -0.05) is 32.1 Å². The molecule has 102 valence electrons. The molecular formula is C15H19FN2O. The predicted molar refractivity (Wildman–Crippen MR) is 74.1 cm³/mol. The van der Waals surface area contributed by atoms with E-state index in [0.717, 1.165) is 6.42 Å². The summed E-state index contributed by atoms with van der Waals surface area (Å²) in [6.07, 6.45) is 0.975. The molecule has 0 aliphatic rings. The Morgan fingerprint density at radius 2 is 2.26 bits per heavy atom. The minimum Gasteiger partial charge on any atom is -0.352 e. The number of rotatable bonds is 4. The third kappa shape index (κ3) is 4.72. The minimum atomic E-state index is -0.452. The number of benzene rings is 1. The van der Waals surface area contributed by atoms with E-state index in [4.69, 9.17) is 5.73 Å². The molecule has 0 heterocycles. The zero-order valence-electron chi connectivity index (χ0n) is 11.3. The molecule has 1 aromatic carbocycles. The topological polar surface area (TPSA) is 55.1 Å². The number of amides is 1. The monoisotopic (exact) mass is 262 g/mol. The highest BCUT2D eigenvalue weighted by molar-refractivity contribution is 5.96. The maximum atomic E-state index is 13.2. The molecule has 1 amide bonds. The maximum Gasteiger partial charge on any atom is 0.252 e. The van der Waals surface area contributed by atoms with Gasteiger partial charge in [0.15, 0.2) is 0 Å². The van der Waals surface area contributed by atoms with Crippen molar-refractivity contribution in [3.63, 3.8) is 0 Å². The van der Waals surface area contributed by atoms with Crippen LogP contribution in [0.15, 0.2) is 18.2 Å². The van der Waals surface area contributed by atoms with E-state index >= 15 is 0 Å². The van der Waals surface area contributed by atoms with Crippen molar-refractivity contribution >= 4 is 5.91 Å². The third-order valence-corrected chi connectivity index (χ3v) is 2.86. The van der Waals surface area contributed by atoms with Crippen molar-refractivity contribution < 1.29 is 9.18 Å². The quantitative estimate of drug-likeness (QED) is 0.814. The van der Waals surface area contributed by atoms with Crippen LogP contribution in [0.4, 0.5) is 4.39 Å². The Kier molecular flexibility index (Phi) is 6.04. The number of hydrogen-bond acceptors (Lipinski definition) is 2. The average Bonchev–Trinajstić information content (AvgIpc) is 2.42. The summed E-state index contributed by atoms with van der Waals surface area (Å²) in [5, 5.41) is 2.79. The minimum absolute atomic E-state index is 0.200. The summed E-state index contributed by atoms with van der Waals surface area (Å²) in [4.78, 5) is 12.0. The molecule has 1 atom stereocenters. The molecule has 0 spiro atoms. The summed E-state index contributed by atoms with van der Waals surface area (Å²) in [5.41, 5.74) is 6.05. The maximum absolute atomic E-state index is 13.2. The second kappa shape index (κ2) is 7.55. The fourth-order valence-corrected chi connectivity index (χ4v) is 1.47. The fourth-order valence-electron chi connectivity index (χ4n) is 1.47. The van der Waals surface area contributed by atoms with Crippen LogP contribution in [0.25, 0.3) is 0 Å². The fraction of sp³-hybridized carbons (Fsp3) is 0.400. The zero-order chi connectivity index (χ0) is 14.3. The smallest absolute Gasteiger partial charge is 0.252 e. The lowest BCUT2D eigenvalue weighted by atomic mass is 10.1. The summed E-state index contributed by atoms with van der Waals surface area (Å²) in [7, 11) is 0. The molecular weight excluding hydrogens is 243 g/mol. The molecule has 0 aliphatic heterocycles. The van der Waals surface area contributed by atoms with Crippen LogP contribution < -0.4 is 11.1 Å². The summed E-state index contributed by atoms with van der Waals surface area (Å²) < 4.78 is 13.2. The summed E-state index contributed by atoms with van der Waals surface area (Å²) >= 11 is 0. The number of nitrogens with one attached hydrogen (secondary N) is 1. The van der Waals surface area contributed by atoms with Gasteiger partial charge in [0.25, 0.3) is 5.91 Å². The highest BCUT2D eigenvalue weighted by atomic mass is 19.1. The van der Waals surface area contributed by atoms with Crippen LogP contribution in [0.3, 0.4) is 0 Å². The van der Waals surface area contributed by atoms with Gasteiger partial charge < -0.3 is 11.1 Å². The first-order valence-electron chi connectivity index (χ1n) is 6.35. The van der Waals surface area contributed by atoms with Crippen molar-refractivity contribution in [3.8, 4) is 11.8 Å². The van der Waals surface area contributed by atoms with E-state index in [-0.39, 0.29) is 18.0 Å². The predicted octanol–water partition coefficient (Wildman–Crippen LogP) is 1.91. The molecule has 0 saturated carbocycles. The van der Waals surface area contributed by atoms with Gasteiger partial charge in [-0.3, -0.25) is 4.79 Å². The Balaban J connectivity index is 2.90. The van der Waals surface area contributed by atoms with E-state index < -0.39 is 5.82 Å². The molecule has 19 heavy (non-hydrogen) atoms. The molecule has 1 aromatic rings. The first-order valence-corrected chi connectivity index (χ1v) is 6.35. The lowest BCUT2D eigenvalue weighted by Crippen LogP contribution is -2.28. The Hall–Kier alpha value is -1.86. The van der Waals surface area contributed by atoms with Crippen LogP contribution >= 0.6 is 0 Å². The average molecular weight is 262 g/mol. The summed E-state index contributed by atoms with van der Waals surface area (Å²) in [6, 6.07) is 3.98. The molecule has 0 aliphatic carbocycles. The van der Waals surface area contributed by atoms with Crippen molar-refractivity contribution in [1.82, 2.24) is 5.32 Å². The van der Waals surface area contributed by atoms with Crippen LogP contribution in [0.5, 0.6) is 0 Å². The van der Waals surface area contributed by atoms with Gasteiger partial charge in [-0.05, 0) is 24.1 Å². The van der Waals surface area contributed by atoms with Crippen molar-refractivity contribution in [2.45, 2.75) is 20.3 Å². The normalized spacial score (nSPS) is 11.4. The Morgan fingerprint density at radius 3 is 2.89 bits per heavy atom. The molecule has 1 rings (SSSR count). The van der Waals surface area contributed by atoms with Crippen molar-refractivity contribution in [3.05, 3.63) is 35.1 Å².